The van der Waals surface area contributed by atoms with Gasteiger partial charge in [-0.2, -0.15) is 0 Å². The smallest absolute Gasteiger partial charge is 0.270 e. The molecule has 0 bridgehead atoms. The van der Waals surface area contributed by atoms with E-state index in [1.54, 1.807) is 0 Å². The van der Waals surface area contributed by atoms with Crippen LogP contribution in [-0.2, 0) is 0 Å². The summed E-state index contributed by atoms with van der Waals surface area (Å²) in [5, 5.41) is 29.1. The molecular weight excluding hydrogens is 238 g/mol. The summed E-state index contributed by atoms with van der Waals surface area (Å²) in [7, 11) is 0. The number of non-ortho nitro benzene ring substituents is 1. The number of nitro benzene ring substituents is 1. The number of hydrogen-bond acceptors (Lipinski definition) is 5. The van der Waals surface area contributed by atoms with Gasteiger partial charge in [0.05, 0.1) is 17.6 Å². The summed E-state index contributed by atoms with van der Waals surface area (Å²) in [6, 6.07) is 4.08. The minimum Gasteiger partial charge on any atom is -0.493 e. The summed E-state index contributed by atoms with van der Waals surface area (Å²) < 4.78 is 5.44. The average molecular weight is 255 g/mol. The van der Waals surface area contributed by atoms with Crippen LogP contribution in [0.1, 0.15) is 25.5 Å². The zero-order chi connectivity index (χ0) is 13.7. The van der Waals surface area contributed by atoms with Gasteiger partial charge in [-0.3, -0.25) is 10.1 Å². The lowest BCUT2D eigenvalue weighted by Gasteiger charge is -2.15. The van der Waals surface area contributed by atoms with Crippen LogP contribution in [0.15, 0.2) is 18.2 Å². The van der Waals surface area contributed by atoms with E-state index in [0.29, 0.717) is 11.3 Å². The van der Waals surface area contributed by atoms with E-state index in [1.807, 2.05) is 6.92 Å². The maximum Gasteiger partial charge on any atom is 0.270 e. The van der Waals surface area contributed by atoms with Crippen molar-refractivity contribution in [3.8, 4) is 5.75 Å². The maximum absolute atomic E-state index is 10.6. The van der Waals surface area contributed by atoms with E-state index < -0.39 is 11.0 Å². The molecule has 6 nitrogen and oxygen atoms in total. The Bertz CT molecular complexity index is 419. The first-order chi connectivity index (χ1) is 8.45. The van der Waals surface area contributed by atoms with Gasteiger partial charge in [-0.1, -0.05) is 6.92 Å². The Hall–Kier alpha value is -1.66. The lowest BCUT2D eigenvalue weighted by atomic mass is 10.1. The second-order valence-electron chi connectivity index (χ2n) is 4.25. The lowest BCUT2D eigenvalue weighted by molar-refractivity contribution is -0.385. The van der Waals surface area contributed by atoms with E-state index in [1.165, 1.54) is 25.1 Å². The van der Waals surface area contributed by atoms with Gasteiger partial charge in [0.15, 0.2) is 0 Å². The molecule has 1 aromatic carbocycles. The summed E-state index contributed by atoms with van der Waals surface area (Å²) >= 11 is 0. The van der Waals surface area contributed by atoms with Crippen molar-refractivity contribution in [3.63, 3.8) is 0 Å². The van der Waals surface area contributed by atoms with Gasteiger partial charge in [-0.05, 0) is 13.0 Å². The molecular formula is C12H17NO5. The van der Waals surface area contributed by atoms with Crippen molar-refractivity contribution in [2.75, 3.05) is 13.2 Å². The Morgan fingerprint density at radius 2 is 2.11 bits per heavy atom. The number of rotatable bonds is 6. The highest BCUT2D eigenvalue weighted by atomic mass is 16.6. The molecule has 2 unspecified atom stereocenters. The van der Waals surface area contributed by atoms with E-state index in [0.717, 1.165) is 0 Å². The lowest BCUT2D eigenvalue weighted by Crippen LogP contribution is -2.13. The highest BCUT2D eigenvalue weighted by Gasteiger charge is 2.15. The predicted octanol–water partition coefficient (Wildman–Crippen LogP) is 1.66. The first kappa shape index (κ1) is 14.4. The van der Waals surface area contributed by atoms with Crippen LogP contribution < -0.4 is 4.74 Å². The SMILES string of the molecule is CC(CO)COc1ccc([N+](=O)[O-])cc1C(C)O. The highest BCUT2D eigenvalue weighted by molar-refractivity contribution is 5.44. The zero-order valence-electron chi connectivity index (χ0n) is 10.4. The van der Waals surface area contributed by atoms with Crippen LogP contribution in [0.3, 0.4) is 0 Å². The molecule has 0 aliphatic carbocycles. The van der Waals surface area contributed by atoms with E-state index in [2.05, 4.69) is 0 Å². The summed E-state index contributed by atoms with van der Waals surface area (Å²) in [6.45, 7) is 3.61. The van der Waals surface area contributed by atoms with Crippen molar-refractivity contribution in [1.29, 1.82) is 0 Å². The van der Waals surface area contributed by atoms with Crippen molar-refractivity contribution < 1.29 is 19.9 Å². The molecule has 0 heterocycles. The van der Waals surface area contributed by atoms with Crippen molar-refractivity contribution in [2.24, 2.45) is 5.92 Å². The van der Waals surface area contributed by atoms with Crippen LogP contribution >= 0.6 is 0 Å². The van der Waals surface area contributed by atoms with E-state index in [9.17, 15) is 15.2 Å². The van der Waals surface area contributed by atoms with Gasteiger partial charge in [-0.25, -0.2) is 0 Å². The average Bonchev–Trinajstić information content (AvgIpc) is 2.35. The van der Waals surface area contributed by atoms with Crippen LogP contribution in [0.2, 0.25) is 0 Å². The minimum absolute atomic E-state index is 0.00298. The molecule has 0 spiro atoms. The van der Waals surface area contributed by atoms with Gasteiger partial charge in [0, 0.05) is 30.2 Å². The van der Waals surface area contributed by atoms with Crippen molar-refractivity contribution in [1.82, 2.24) is 0 Å². The summed E-state index contributed by atoms with van der Waals surface area (Å²) in [6.07, 6.45) is -0.857. The topological polar surface area (TPSA) is 92.8 Å². The van der Waals surface area contributed by atoms with E-state index in [-0.39, 0.29) is 24.8 Å². The molecule has 0 aliphatic rings. The Morgan fingerprint density at radius 1 is 1.44 bits per heavy atom. The fourth-order valence-corrected chi connectivity index (χ4v) is 1.39. The molecule has 0 aromatic heterocycles. The molecule has 100 valence electrons. The summed E-state index contributed by atoms with van der Waals surface area (Å²) in [4.78, 5) is 10.1. The number of aliphatic hydroxyl groups excluding tert-OH is 2. The van der Waals surface area contributed by atoms with Gasteiger partial charge in [0.25, 0.3) is 5.69 Å². The number of aliphatic hydroxyl groups is 2. The van der Waals surface area contributed by atoms with E-state index >= 15 is 0 Å². The quantitative estimate of drug-likeness (QED) is 0.595. The molecule has 0 aliphatic heterocycles. The molecule has 6 heteroatoms. The first-order valence-corrected chi connectivity index (χ1v) is 5.65. The molecule has 0 radical (unpaired) electrons. The van der Waals surface area contributed by atoms with Crippen LogP contribution in [0.4, 0.5) is 5.69 Å². The van der Waals surface area contributed by atoms with Crippen molar-refractivity contribution in [2.45, 2.75) is 20.0 Å². The van der Waals surface area contributed by atoms with Gasteiger partial charge in [0.2, 0.25) is 0 Å². The Balaban J connectivity index is 2.93. The first-order valence-electron chi connectivity index (χ1n) is 5.65. The zero-order valence-corrected chi connectivity index (χ0v) is 10.4. The molecule has 1 rings (SSSR count). The van der Waals surface area contributed by atoms with Crippen LogP contribution in [-0.4, -0.2) is 28.4 Å². The fourth-order valence-electron chi connectivity index (χ4n) is 1.39. The third-order valence-corrected chi connectivity index (χ3v) is 2.49. The third kappa shape index (κ3) is 3.68. The standard InChI is InChI=1S/C12H17NO5/c1-8(6-14)7-18-12-4-3-10(13(16)17)5-11(12)9(2)15/h3-5,8-9,14-15H,6-7H2,1-2H3. The second-order valence-corrected chi connectivity index (χ2v) is 4.25. The fraction of sp³-hybridized carbons (Fsp3) is 0.500. The molecule has 1 aromatic rings. The molecule has 0 saturated carbocycles. The van der Waals surface area contributed by atoms with E-state index in [4.69, 9.17) is 9.84 Å². The minimum atomic E-state index is -0.857. The van der Waals surface area contributed by atoms with Crippen LogP contribution in [0.5, 0.6) is 5.75 Å². The highest BCUT2D eigenvalue weighted by Crippen LogP contribution is 2.29. The summed E-state index contributed by atoms with van der Waals surface area (Å²) in [5.41, 5.74) is 0.280. The monoisotopic (exact) mass is 255 g/mol. The molecule has 2 N–H and O–H groups in total. The molecule has 18 heavy (non-hydrogen) atoms. The number of ether oxygens (including phenoxy) is 1. The van der Waals surface area contributed by atoms with Gasteiger partial charge < -0.3 is 14.9 Å². The van der Waals surface area contributed by atoms with Gasteiger partial charge in [0.1, 0.15) is 5.75 Å². The predicted molar refractivity (Wildman–Crippen MR) is 65.5 cm³/mol. The Labute approximate surface area is 105 Å². The normalized spacial score (nSPS) is 14.0. The maximum atomic E-state index is 10.6. The third-order valence-electron chi connectivity index (χ3n) is 2.49. The molecule has 0 saturated heterocycles. The largest absolute Gasteiger partial charge is 0.493 e. The Morgan fingerprint density at radius 3 is 2.61 bits per heavy atom. The number of nitrogens with zero attached hydrogens (tertiary/aromatic N) is 1. The van der Waals surface area contributed by atoms with Crippen molar-refractivity contribution in [3.05, 3.63) is 33.9 Å². The van der Waals surface area contributed by atoms with Crippen molar-refractivity contribution >= 4 is 5.69 Å². The number of nitro groups is 1. The summed E-state index contributed by atoms with van der Waals surface area (Å²) in [5.74, 6) is 0.359. The number of hydrogen-bond donors (Lipinski definition) is 2. The Kier molecular flexibility index (Phi) is 5.06. The van der Waals surface area contributed by atoms with Gasteiger partial charge in [-0.15, -0.1) is 0 Å². The van der Waals surface area contributed by atoms with Gasteiger partial charge >= 0.3 is 0 Å². The van der Waals surface area contributed by atoms with Crippen LogP contribution in [0.25, 0.3) is 0 Å². The van der Waals surface area contributed by atoms with Crippen LogP contribution in [0, 0.1) is 16.0 Å². The number of benzene rings is 1. The molecule has 2 atom stereocenters. The molecule has 0 fully saturated rings. The molecule has 0 amide bonds. The second kappa shape index (κ2) is 6.32.